The minimum Gasteiger partial charge on any atom is -0.392 e. The topological polar surface area (TPSA) is 54.2 Å². The normalized spacial score (nSPS) is 20.9. The summed E-state index contributed by atoms with van der Waals surface area (Å²) < 4.78 is 15.2. The highest BCUT2D eigenvalue weighted by atomic mass is 19.1. The summed E-state index contributed by atoms with van der Waals surface area (Å²) in [5.41, 5.74) is 2.00. The Morgan fingerprint density at radius 2 is 1.84 bits per heavy atom. The van der Waals surface area contributed by atoms with Crippen LogP contribution in [0, 0.1) is 5.82 Å². The van der Waals surface area contributed by atoms with Crippen molar-refractivity contribution in [2.45, 2.75) is 25.1 Å². The number of para-hydroxylation sites is 1. The minimum absolute atomic E-state index is 0.0384. The molecule has 1 saturated heterocycles. The summed E-state index contributed by atoms with van der Waals surface area (Å²) >= 11 is 0. The van der Waals surface area contributed by atoms with E-state index in [4.69, 9.17) is 0 Å². The molecule has 0 amide bonds. The van der Waals surface area contributed by atoms with Gasteiger partial charge in [0.05, 0.1) is 12.6 Å². The number of aromatic nitrogens is 3. The fourth-order valence-electron chi connectivity index (χ4n) is 3.44. The maximum atomic E-state index is 13.2. The van der Waals surface area contributed by atoms with E-state index in [1.165, 1.54) is 12.1 Å². The van der Waals surface area contributed by atoms with Crippen molar-refractivity contribution in [2.75, 3.05) is 6.54 Å². The number of hydrogen-bond acceptors (Lipinski definition) is 4. The van der Waals surface area contributed by atoms with Crippen LogP contribution < -0.4 is 0 Å². The predicted molar refractivity (Wildman–Crippen MR) is 91.5 cm³/mol. The summed E-state index contributed by atoms with van der Waals surface area (Å²) in [5, 5.41) is 18.4. The molecule has 3 aromatic rings. The van der Waals surface area contributed by atoms with Crippen molar-refractivity contribution in [3.05, 3.63) is 78.1 Å². The van der Waals surface area contributed by atoms with Crippen LogP contribution in [-0.2, 0) is 6.54 Å². The van der Waals surface area contributed by atoms with E-state index in [-0.39, 0.29) is 11.9 Å². The van der Waals surface area contributed by atoms with Crippen LogP contribution in [0.3, 0.4) is 0 Å². The second-order valence-electron chi connectivity index (χ2n) is 6.34. The lowest BCUT2D eigenvalue weighted by atomic mass is 10.0. The lowest BCUT2D eigenvalue weighted by Gasteiger charge is -2.24. The van der Waals surface area contributed by atoms with Crippen molar-refractivity contribution in [2.24, 2.45) is 0 Å². The fraction of sp³-hybridized carbons (Fsp3) is 0.263. The van der Waals surface area contributed by atoms with Crippen LogP contribution in [0.1, 0.15) is 23.9 Å². The lowest BCUT2D eigenvalue weighted by molar-refractivity contribution is 0.171. The van der Waals surface area contributed by atoms with E-state index >= 15 is 0 Å². The molecule has 1 aliphatic heterocycles. The third-order valence-corrected chi connectivity index (χ3v) is 4.63. The number of halogens is 1. The van der Waals surface area contributed by atoms with Gasteiger partial charge in [0.15, 0.2) is 5.82 Å². The molecule has 0 unspecified atom stereocenters. The molecule has 2 heterocycles. The molecule has 6 heteroatoms. The zero-order chi connectivity index (χ0) is 17.2. The zero-order valence-corrected chi connectivity index (χ0v) is 13.7. The third-order valence-electron chi connectivity index (χ3n) is 4.63. The van der Waals surface area contributed by atoms with E-state index in [9.17, 15) is 9.50 Å². The number of benzene rings is 2. The highest BCUT2D eigenvalue weighted by Crippen LogP contribution is 2.33. The first-order valence-corrected chi connectivity index (χ1v) is 8.32. The number of likely N-dealkylation sites (tertiary alicyclic amines) is 1. The summed E-state index contributed by atoms with van der Waals surface area (Å²) in [6.07, 6.45) is 1.93. The van der Waals surface area contributed by atoms with Crippen molar-refractivity contribution in [1.82, 2.24) is 19.7 Å². The maximum Gasteiger partial charge on any atom is 0.151 e. The number of β-amino-alcohol motifs (C(OH)–C–C–N with tert-alkyl or cyclic N) is 1. The van der Waals surface area contributed by atoms with Gasteiger partial charge in [-0.1, -0.05) is 30.3 Å². The van der Waals surface area contributed by atoms with Crippen LogP contribution in [0.15, 0.2) is 60.9 Å². The molecule has 0 radical (unpaired) electrons. The molecule has 0 aliphatic carbocycles. The first-order chi connectivity index (χ1) is 12.2. The van der Waals surface area contributed by atoms with Crippen molar-refractivity contribution < 1.29 is 9.50 Å². The van der Waals surface area contributed by atoms with E-state index < -0.39 is 6.10 Å². The molecule has 2 atom stereocenters. The summed E-state index contributed by atoms with van der Waals surface area (Å²) in [4.78, 5) is 2.17. The smallest absolute Gasteiger partial charge is 0.151 e. The quantitative estimate of drug-likeness (QED) is 0.795. The number of hydrogen-bond donors (Lipinski definition) is 1. The largest absolute Gasteiger partial charge is 0.392 e. The second-order valence-corrected chi connectivity index (χ2v) is 6.34. The highest BCUT2D eigenvalue weighted by molar-refractivity contribution is 5.32. The van der Waals surface area contributed by atoms with Crippen LogP contribution in [0.5, 0.6) is 0 Å². The number of rotatable bonds is 4. The van der Waals surface area contributed by atoms with Crippen molar-refractivity contribution >= 4 is 0 Å². The SMILES string of the molecule is O[C@@H]1C[C@@H](c2ccc(F)cc2)N(Cc2nncn2-c2ccccc2)C1. The van der Waals surface area contributed by atoms with Gasteiger partial charge in [-0.3, -0.25) is 9.47 Å². The molecule has 0 bridgehead atoms. The Morgan fingerprint density at radius 3 is 2.60 bits per heavy atom. The molecule has 4 rings (SSSR count). The van der Waals surface area contributed by atoms with Gasteiger partial charge in [0.25, 0.3) is 0 Å². The van der Waals surface area contributed by atoms with E-state index in [1.54, 1.807) is 18.5 Å². The van der Waals surface area contributed by atoms with E-state index in [2.05, 4.69) is 15.1 Å². The molecule has 1 N–H and O–H groups in total. The summed E-state index contributed by atoms with van der Waals surface area (Å²) in [7, 11) is 0. The lowest BCUT2D eigenvalue weighted by Crippen LogP contribution is -2.26. The number of nitrogens with zero attached hydrogens (tertiary/aromatic N) is 4. The molecule has 2 aromatic carbocycles. The van der Waals surface area contributed by atoms with Gasteiger partial charge in [-0.05, 0) is 36.2 Å². The zero-order valence-electron chi connectivity index (χ0n) is 13.7. The first-order valence-electron chi connectivity index (χ1n) is 8.32. The van der Waals surface area contributed by atoms with Crippen molar-refractivity contribution in [3.8, 4) is 5.69 Å². The summed E-state index contributed by atoms with van der Waals surface area (Å²) in [6.45, 7) is 1.12. The Balaban J connectivity index is 1.59. The van der Waals surface area contributed by atoms with Crippen LogP contribution in [0.2, 0.25) is 0 Å². The molecule has 0 spiro atoms. The minimum atomic E-state index is -0.400. The predicted octanol–water partition coefficient (Wildman–Crippen LogP) is 2.71. The Bertz CT molecular complexity index is 834. The van der Waals surface area contributed by atoms with Gasteiger partial charge >= 0.3 is 0 Å². The number of aliphatic hydroxyl groups is 1. The Kier molecular flexibility index (Phi) is 4.29. The molecule has 128 valence electrons. The van der Waals surface area contributed by atoms with Gasteiger partial charge < -0.3 is 5.11 Å². The Morgan fingerprint density at radius 1 is 1.08 bits per heavy atom. The molecular formula is C19H19FN4O. The third kappa shape index (κ3) is 3.31. The summed E-state index contributed by atoms with van der Waals surface area (Å²) in [5.74, 6) is 0.560. The van der Waals surface area contributed by atoms with Crippen LogP contribution >= 0.6 is 0 Å². The molecule has 1 fully saturated rings. The molecule has 0 saturated carbocycles. The van der Waals surface area contributed by atoms with Gasteiger partial charge in [0.1, 0.15) is 12.1 Å². The number of aliphatic hydroxyl groups excluding tert-OH is 1. The second kappa shape index (κ2) is 6.74. The van der Waals surface area contributed by atoms with Crippen molar-refractivity contribution in [1.29, 1.82) is 0 Å². The van der Waals surface area contributed by atoms with Crippen LogP contribution in [-0.4, -0.2) is 37.4 Å². The van der Waals surface area contributed by atoms with Gasteiger partial charge in [0.2, 0.25) is 0 Å². The molecular weight excluding hydrogens is 319 g/mol. The fourth-order valence-corrected chi connectivity index (χ4v) is 3.44. The molecule has 1 aromatic heterocycles. The molecule has 5 nitrogen and oxygen atoms in total. The van der Waals surface area contributed by atoms with Crippen LogP contribution in [0.4, 0.5) is 4.39 Å². The average Bonchev–Trinajstić information content (AvgIpc) is 3.23. The standard InChI is InChI=1S/C19H19FN4O/c20-15-8-6-14(7-9-15)18-10-17(25)11-23(18)12-19-22-21-13-24(19)16-4-2-1-3-5-16/h1-9,13,17-18,25H,10-12H2/t17-,18+/m1/s1. The van der Waals surface area contributed by atoms with Gasteiger partial charge in [-0.15, -0.1) is 10.2 Å². The van der Waals surface area contributed by atoms with E-state index in [0.29, 0.717) is 19.5 Å². The van der Waals surface area contributed by atoms with Gasteiger partial charge in [0, 0.05) is 18.3 Å². The average molecular weight is 338 g/mol. The van der Waals surface area contributed by atoms with Crippen LogP contribution in [0.25, 0.3) is 5.69 Å². The van der Waals surface area contributed by atoms with Crippen molar-refractivity contribution in [3.63, 3.8) is 0 Å². The molecule has 25 heavy (non-hydrogen) atoms. The van der Waals surface area contributed by atoms with Gasteiger partial charge in [-0.25, -0.2) is 4.39 Å². The Hall–Kier alpha value is -2.57. The monoisotopic (exact) mass is 338 g/mol. The van der Waals surface area contributed by atoms with Gasteiger partial charge in [-0.2, -0.15) is 0 Å². The maximum absolute atomic E-state index is 13.2. The Labute approximate surface area is 145 Å². The van der Waals surface area contributed by atoms with E-state index in [1.807, 2.05) is 34.9 Å². The highest BCUT2D eigenvalue weighted by Gasteiger charge is 2.33. The summed E-state index contributed by atoms with van der Waals surface area (Å²) in [6, 6.07) is 16.5. The van der Waals surface area contributed by atoms with E-state index in [0.717, 1.165) is 17.1 Å². The molecule has 1 aliphatic rings. The first kappa shape index (κ1) is 15.9.